The zero-order valence-corrected chi connectivity index (χ0v) is 19.4. The number of benzene rings is 4. The maximum Gasteiger partial charge on any atom is 0.142 e. The van der Waals surface area contributed by atoms with Gasteiger partial charge in [-0.15, -0.1) is 0 Å². The monoisotopic (exact) mass is 498 g/mol. The maximum atomic E-state index is 13.6. The van der Waals surface area contributed by atoms with Crippen LogP contribution in [0.25, 0.3) is 16.6 Å². The van der Waals surface area contributed by atoms with E-state index in [4.69, 9.17) is 40.5 Å². The van der Waals surface area contributed by atoms with E-state index in [1.54, 1.807) is 47.1 Å². The Morgan fingerprint density at radius 3 is 2.06 bits per heavy atom. The lowest BCUT2D eigenvalue weighted by Crippen LogP contribution is -2.02. The highest BCUT2D eigenvalue weighted by atomic mass is 35.5. The number of nitrogens with one attached hydrogen (secondary N) is 1. The number of nitrogens with zero attached hydrogens (tertiary/aromatic N) is 2. The molecule has 0 radical (unpaired) electrons. The van der Waals surface area contributed by atoms with Gasteiger partial charge in [-0.3, -0.25) is 0 Å². The third-order valence-electron chi connectivity index (χ3n) is 4.62. The Morgan fingerprint density at radius 2 is 1.42 bits per heavy atom. The quantitative estimate of drug-likeness (QED) is 0.246. The van der Waals surface area contributed by atoms with Gasteiger partial charge >= 0.3 is 0 Å². The van der Waals surface area contributed by atoms with Crippen LogP contribution in [0.2, 0.25) is 15.1 Å². The molecule has 0 bridgehead atoms. The van der Waals surface area contributed by atoms with Crippen LogP contribution >= 0.6 is 34.8 Å². The minimum atomic E-state index is -0.336. The second kappa shape index (κ2) is 10.1. The van der Waals surface area contributed by atoms with Crippen LogP contribution in [-0.2, 0) is 0 Å². The summed E-state index contributed by atoms with van der Waals surface area (Å²) >= 11 is 17.8. The first-order valence-corrected chi connectivity index (χ1v) is 11.0. The van der Waals surface area contributed by atoms with Crippen LogP contribution in [0.5, 0.6) is 0 Å². The fourth-order valence-corrected chi connectivity index (χ4v) is 3.76. The Kier molecular flexibility index (Phi) is 7.04. The number of fused-ring (bicyclic) bond motifs is 1. The van der Waals surface area contributed by atoms with E-state index in [0.29, 0.717) is 32.1 Å². The highest BCUT2D eigenvalue weighted by Crippen LogP contribution is 2.31. The van der Waals surface area contributed by atoms with Crippen molar-refractivity contribution in [3.63, 3.8) is 0 Å². The predicted molar refractivity (Wildman–Crippen MR) is 137 cm³/mol. The Labute approximate surface area is 205 Å². The fourth-order valence-electron chi connectivity index (χ4n) is 3.18. The lowest BCUT2D eigenvalue weighted by Gasteiger charge is -2.11. The van der Waals surface area contributed by atoms with Crippen LogP contribution in [-0.4, -0.2) is 9.78 Å². The van der Waals surface area contributed by atoms with Crippen molar-refractivity contribution in [1.29, 1.82) is 0 Å². The summed E-state index contributed by atoms with van der Waals surface area (Å²) in [5.74, 6) is 0.372. The van der Waals surface area contributed by atoms with Crippen molar-refractivity contribution in [2.75, 3.05) is 11.1 Å². The minimum absolute atomic E-state index is 0.336. The van der Waals surface area contributed by atoms with Crippen LogP contribution in [0.3, 0.4) is 0 Å². The van der Waals surface area contributed by atoms with Crippen molar-refractivity contribution >= 4 is 62.9 Å². The average molecular weight is 500 g/mol. The molecule has 0 atom stereocenters. The van der Waals surface area contributed by atoms with Gasteiger partial charge in [-0.1, -0.05) is 53.0 Å². The van der Waals surface area contributed by atoms with Gasteiger partial charge in [0.05, 0.1) is 11.2 Å². The number of aromatic nitrogens is 2. The molecule has 33 heavy (non-hydrogen) atoms. The molecule has 0 aliphatic heterocycles. The smallest absolute Gasteiger partial charge is 0.142 e. The third-order valence-corrected chi connectivity index (χ3v) is 5.33. The predicted octanol–water partition coefficient (Wildman–Crippen LogP) is 8.14. The van der Waals surface area contributed by atoms with E-state index < -0.39 is 0 Å². The molecule has 1 aromatic heterocycles. The third kappa shape index (κ3) is 5.76. The molecule has 166 valence electrons. The number of nitrogens with two attached hydrogens (primary N) is 1. The van der Waals surface area contributed by atoms with Gasteiger partial charge in [0.1, 0.15) is 11.6 Å². The Morgan fingerprint density at radius 1 is 0.758 bits per heavy atom. The molecular formula is C25H18Cl3FN4. The van der Waals surface area contributed by atoms with Gasteiger partial charge in [-0.2, -0.15) is 5.10 Å². The normalized spacial score (nSPS) is 10.5. The van der Waals surface area contributed by atoms with Crippen LogP contribution in [0.15, 0.2) is 91.0 Å². The minimum Gasteiger partial charge on any atom is -0.399 e. The van der Waals surface area contributed by atoms with Crippen molar-refractivity contribution in [1.82, 2.24) is 9.78 Å². The fraction of sp³-hybridized carbons (Fsp3) is 0. The number of rotatable bonds is 3. The molecule has 3 N–H and O–H groups in total. The molecule has 4 nitrogen and oxygen atoms in total. The van der Waals surface area contributed by atoms with Gasteiger partial charge in [0.25, 0.3) is 0 Å². The van der Waals surface area contributed by atoms with E-state index >= 15 is 0 Å². The maximum absolute atomic E-state index is 13.6. The van der Waals surface area contributed by atoms with Gasteiger partial charge in [-0.25, -0.2) is 9.07 Å². The summed E-state index contributed by atoms with van der Waals surface area (Å²) in [6, 6.07) is 26.3. The van der Waals surface area contributed by atoms with Gasteiger partial charge < -0.3 is 11.1 Å². The van der Waals surface area contributed by atoms with Crippen molar-refractivity contribution in [3.8, 4) is 5.69 Å². The van der Waals surface area contributed by atoms with Crippen LogP contribution in [0, 0.1) is 5.82 Å². The van der Waals surface area contributed by atoms with E-state index in [1.807, 2.05) is 36.4 Å². The highest BCUT2D eigenvalue weighted by molar-refractivity contribution is 6.31. The van der Waals surface area contributed by atoms with Crippen molar-refractivity contribution in [2.24, 2.45) is 0 Å². The largest absolute Gasteiger partial charge is 0.399 e. The van der Waals surface area contributed by atoms with E-state index in [9.17, 15) is 4.39 Å². The van der Waals surface area contributed by atoms with Crippen molar-refractivity contribution in [3.05, 3.63) is 112 Å². The SMILES string of the molecule is Fc1ccc2c(Nc3cccc(Cl)c3)n(-c3cccc(Cl)c3)nc2c1.Nc1cccc(Cl)c1. The summed E-state index contributed by atoms with van der Waals surface area (Å²) in [5.41, 5.74) is 8.21. The molecule has 0 unspecified atom stereocenters. The zero-order valence-electron chi connectivity index (χ0n) is 17.1. The molecule has 0 aliphatic carbocycles. The summed E-state index contributed by atoms with van der Waals surface area (Å²) in [6.45, 7) is 0. The van der Waals surface area contributed by atoms with Crippen LogP contribution in [0.1, 0.15) is 0 Å². The molecule has 0 saturated heterocycles. The molecular weight excluding hydrogens is 482 g/mol. The van der Waals surface area contributed by atoms with Gasteiger partial charge in [-0.05, 0) is 66.7 Å². The number of nitrogen functional groups attached to an aromatic ring is 1. The summed E-state index contributed by atoms with van der Waals surface area (Å²) in [4.78, 5) is 0. The molecule has 0 saturated carbocycles. The molecule has 1 heterocycles. The lowest BCUT2D eigenvalue weighted by atomic mass is 10.2. The Hall–Kier alpha value is -3.25. The highest BCUT2D eigenvalue weighted by Gasteiger charge is 2.14. The molecule has 0 fully saturated rings. The summed E-state index contributed by atoms with van der Waals surface area (Å²) in [7, 11) is 0. The van der Waals surface area contributed by atoms with Crippen molar-refractivity contribution in [2.45, 2.75) is 0 Å². The van der Waals surface area contributed by atoms with E-state index in [2.05, 4.69) is 10.4 Å². The molecule has 8 heteroatoms. The number of hydrogen-bond donors (Lipinski definition) is 2. The Bertz CT molecular complexity index is 1400. The lowest BCUT2D eigenvalue weighted by molar-refractivity contribution is 0.629. The first-order chi connectivity index (χ1) is 15.9. The second-order valence-corrected chi connectivity index (χ2v) is 8.40. The topological polar surface area (TPSA) is 55.9 Å². The summed E-state index contributed by atoms with van der Waals surface area (Å²) in [6.07, 6.45) is 0. The molecule has 0 aliphatic rings. The van der Waals surface area contributed by atoms with E-state index in [0.717, 1.165) is 16.8 Å². The summed E-state index contributed by atoms with van der Waals surface area (Å²) < 4.78 is 15.3. The zero-order chi connectivity index (χ0) is 23.4. The van der Waals surface area contributed by atoms with Gasteiger partial charge in [0.15, 0.2) is 0 Å². The van der Waals surface area contributed by atoms with Crippen LogP contribution < -0.4 is 11.1 Å². The van der Waals surface area contributed by atoms with Crippen LogP contribution in [0.4, 0.5) is 21.6 Å². The number of hydrogen-bond acceptors (Lipinski definition) is 3. The second-order valence-electron chi connectivity index (χ2n) is 7.09. The molecule has 4 aromatic carbocycles. The van der Waals surface area contributed by atoms with Gasteiger partial charge in [0, 0.05) is 37.9 Å². The van der Waals surface area contributed by atoms with Gasteiger partial charge in [0.2, 0.25) is 0 Å². The number of halogens is 4. The molecule has 5 aromatic rings. The first-order valence-electron chi connectivity index (χ1n) is 9.87. The van der Waals surface area contributed by atoms with Crippen molar-refractivity contribution < 1.29 is 4.39 Å². The first kappa shape index (κ1) is 22.9. The number of anilines is 3. The van der Waals surface area contributed by atoms with E-state index in [1.165, 1.54) is 12.1 Å². The molecule has 5 rings (SSSR count). The standard InChI is InChI=1S/C19H12Cl2FN3.C6H6ClN/c20-12-3-1-5-15(9-12)23-19-17-8-7-14(22)11-18(17)24-25(19)16-6-2-4-13(21)10-16;7-5-2-1-3-6(8)4-5/h1-11,23H;1-4H,8H2. The van der Waals surface area contributed by atoms with E-state index in [-0.39, 0.29) is 5.82 Å². The average Bonchev–Trinajstić information content (AvgIpc) is 3.11. The molecule has 0 amide bonds. The molecule has 0 spiro atoms. The Balaban J connectivity index is 0.000000275. The summed E-state index contributed by atoms with van der Waals surface area (Å²) in [5, 5.41) is 10.5.